The predicted octanol–water partition coefficient (Wildman–Crippen LogP) is 4.33. The number of nitrogens with two attached hydrogens (primary N) is 1. The minimum Gasteiger partial charge on any atom is -0.399 e. The highest BCUT2D eigenvalue weighted by molar-refractivity contribution is 5.41. The average molecular weight is 378 g/mol. The first-order chi connectivity index (χ1) is 13.6. The van der Waals surface area contributed by atoms with Crippen LogP contribution in [0.3, 0.4) is 0 Å². The fourth-order valence-corrected chi connectivity index (χ4v) is 3.39. The Hall–Kier alpha value is -2.92. The summed E-state index contributed by atoms with van der Waals surface area (Å²) in [5.74, 6) is 0.253. The summed E-state index contributed by atoms with van der Waals surface area (Å²) in [6.45, 7) is 0.633. The quantitative estimate of drug-likeness (QED) is 0.623. The molecule has 1 saturated carbocycles. The zero-order valence-electron chi connectivity index (χ0n) is 15.5. The molecule has 3 aromatic rings. The Kier molecular flexibility index (Phi) is 5.26. The van der Waals surface area contributed by atoms with Crippen LogP contribution in [-0.2, 0) is 4.74 Å². The van der Waals surface area contributed by atoms with E-state index in [1.54, 1.807) is 29.0 Å². The van der Waals surface area contributed by atoms with Crippen molar-refractivity contribution >= 4 is 5.69 Å². The van der Waals surface area contributed by atoms with Gasteiger partial charge in [0.15, 0.2) is 0 Å². The normalized spacial score (nSPS) is 15.9. The molecular weight excluding hydrogens is 355 g/mol. The van der Waals surface area contributed by atoms with Gasteiger partial charge in [-0.25, -0.2) is 4.39 Å². The molecule has 1 heterocycles. The van der Waals surface area contributed by atoms with Crippen molar-refractivity contribution in [3.8, 4) is 0 Å². The first kappa shape index (κ1) is 18.4. The molecule has 2 aromatic carbocycles. The van der Waals surface area contributed by atoms with Crippen LogP contribution in [0.1, 0.15) is 36.1 Å². The van der Waals surface area contributed by atoms with Gasteiger partial charge in [0.1, 0.15) is 11.9 Å². The molecule has 1 fully saturated rings. The van der Waals surface area contributed by atoms with Gasteiger partial charge in [0, 0.05) is 18.0 Å². The summed E-state index contributed by atoms with van der Waals surface area (Å²) in [4.78, 5) is 12.7. The maximum Gasteiger partial charge on any atom is 0.251 e. The van der Waals surface area contributed by atoms with Gasteiger partial charge < -0.3 is 15.0 Å². The van der Waals surface area contributed by atoms with Gasteiger partial charge in [0.25, 0.3) is 5.56 Å². The summed E-state index contributed by atoms with van der Waals surface area (Å²) < 4.78 is 21.6. The van der Waals surface area contributed by atoms with Crippen LogP contribution in [0.2, 0.25) is 0 Å². The minimum atomic E-state index is -0.420. The van der Waals surface area contributed by atoms with Crippen molar-refractivity contribution in [1.29, 1.82) is 0 Å². The molecular formula is C23H23FN2O2. The molecule has 144 valence electrons. The molecule has 4 nitrogen and oxygen atoms in total. The van der Waals surface area contributed by atoms with Gasteiger partial charge in [-0.3, -0.25) is 4.79 Å². The molecule has 0 saturated heterocycles. The van der Waals surface area contributed by atoms with Gasteiger partial charge in [-0.2, -0.15) is 0 Å². The fraction of sp³-hybridized carbons (Fsp3) is 0.261. The summed E-state index contributed by atoms with van der Waals surface area (Å²) >= 11 is 0. The van der Waals surface area contributed by atoms with E-state index in [0.717, 1.165) is 11.1 Å². The van der Waals surface area contributed by atoms with Crippen LogP contribution >= 0.6 is 0 Å². The summed E-state index contributed by atoms with van der Waals surface area (Å²) in [5, 5.41) is 0. The van der Waals surface area contributed by atoms with Crippen molar-refractivity contribution in [2.24, 2.45) is 5.92 Å². The second-order valence-electron chi connectivity index (χ2n) is 7.31. The smallest absolute Gasteiger partial charge is 0.251 e. The van der Waals surface area contributed by atoms with E-state index in [1.807, 2.05) is 30.3 Å². The lowest BCUT2D eigenvalue weighted by molar-refractivity contribution is 0.0182. The number of pyridine rings is 1. The average Bonchev–Trinajstić information content (AvgIpc) is 3.52. The second kappa shape index (κ2) is 7.98. The predicted molar refractivity (Wildman–Crippen MR) is 108 cm³/mol. The third kappa shape index (κ3) is 4.15. The number of aromatic nitrogens is 1. The lowest BCUT2D eigenvalue weighted by Crippen LogP contribution is -2.30. The van der Waals surface area contributed by atoms with Gasteiger partial charge in [0.2, 0.25) is 0 Å². The number of nitrogen functional groups attached to an aromatic ring is 1. The van der Waals surface area contributed by atoms with E-state index < -0.39 is 12.1 Å². The second-order valence-corrected chi connectivity index (χ2v) is 7.31. The molecule has 4 rings (SSSR count). The van der Waals surface area contributed by atoms with Gasteiger partial charge in [-0.1, -0.05) is 30.3 Å². The van der Waals surface area contributed by atoms with E-state index in [2.05, 4.69) is 0 Å². The first-order valence-corrected chi connectivity index (χ1v) is 9.51. The fourth-order valence-electron chi connectivity index (χ4n) is 3.39. The van der Waals surface area contributed by atoms with Gasteiger partial charge in [0.05, 0.1) is 12.6 Å². The lowest BCUT2D eigenvalue weighted by Gasteiger charge is -2.30. The molecule has 0 spiro atoms. The van der Waals surface area contributed by atoms with E-state index in [0.29, 0.717) is 18.2 Å². The van der Waals surface area contributed by atoms with Crippen molar-refractivity contribution in [1.82, 2.24) is 4.57 Å². The molecule has 0 amide bonds. The Morgan fingerprint density at radius 2 is 1.68 bits per heavy atom. The molecule has 2 N–H and O–H groups in total. The van der Waals surface area contributed by atoms with Crippen molar-refractivity contribution in [3.05, 3.63) is 100 Å². The third-order valence-electron chi connectivity index (χ3n) is 5.12. The highest BCUT2D eigenvalue weighted by Gasteiger charge is 2.31. The van der Waals surface area contributed by atoms with Crippen LogP contribution < -0.4 is 11.3 Å². The number of anilines is 1. The highest BCUT2D eigenvalue weighted by Crippen LogP contribution is 2.38. The molecule has 1 aliphatic rings. The zero-order valence-corrected chi connectivity index (χ0v) is 15.5. The number of nitrogens with zero attached hydrogens (tertiary/aromatic N) is 1. The summed E-state index contributed by atoms with van der Waals surface area (Å²) in [5.41, 5.74) is 8.14. The highest BCUT2D eigenvalue weighted by atomic mass is 19.1. The Bertz CT molecular complexity index is 978. The summed E-state index contributed by atoms with van der Waals surface area (Å²) in [6.07, 6.45) is 3.69. The molecule has 0 radical (unpaired) electrons. The molecule has 2 unspecified atom stereocenters. The van der Waals surface area contributed by atoms with E-state index in [-0.39, 0.29) is 11.4 Å². The SMILES string of the molecule is Nc1ccc(C(OCC2CC2)C(c2ccc(F)cc2)n2ccccc2=O)cc1. The molecule has 1 aliphatic carbocycles. The van der Waals surface area contributed by atoms with Crippen LogP contribution in [0.4, 0.5) is 10.1 Å². The molecule has 1 aromatic heterocycles. The van der Waals surface area contributed by atoms with Crippen molar-refractivity contribution in [3.63, 3.8) is 0 Å². The molecule has 0 bridgehead atoms. The van der Waals surface area contributed by atoms with Crippen LogP contribution in [0.15, 0.2) is 77.7 Å². The van der Waals surface area contributed by atoms with Gasteiger partial charge in [-0.05, 0) is 60.2 Å². The monoisotopic (exact) mass is 378 g/mol. The standard InChI is InChI=1S/C23H23FN2O2/c24-19-10-6-17(7-11-19)22(26-14-2-1-3-21(26)27)23(28-15-16-4-5-16)18-8-12-20(25)13-9-18/h1-3,6-14,16,22-23H,4-5,15,25H2. The summed E-state index contributed by atoms with van der Waals surface area (Å²) in [7, 11) is 0. The lowest BCUT2D eigenvalue weighted by atomic mass is 9.94. The van der Waals surface area contributed by atoms with Crippen molar-refractivity contribution in [2.75, 3.05) is 12.3 Å². The number of hydrogen-bond donors (Lipinski definition) is 1. The topological polar surface area (TPSA) is 57.2 Å². The Balaban J connectivity index is 1.81. The number of rotatable bonds is 7. The molecule has 28 heavy (non-hydrogen) atoms. The Labute approximate surface area is 163 Å². The van der Waals surface area contributed by atoms with Crippen LogP contribution in [0, 0.1) is 11.7 Å². The van der Waals surface area contributed by atoms with Gasteiger partial charge >= 0.3 is 0 Å². The number of hydrogen-bond acceptors (Lipinski definition) is 3. The van der Waals surface area contributed by atoms with Crippen LogP contribution in [0.25, 0.3) is 0 Å². The Morgan fingerprint density at radius 1 is 1.00 bits per heavy atom. The number of halogens is 1. The number of benzene rings is 2. The summed E-state index contributed by atoms with van der Waals surface area (Å²) in [6, 6.07) is 18.4. The third-order valence-corrected chi connectivity index (χ3v) is 5.12. The van der Waals surface area contributed by atoms with E-state index in [9.17, 15) is 9.18 Å². The van der Waals surface area contributed by atoms with Crippen LogP contribution in [0.5, 0.6) is 0 Å². The largest absolute Gasteiger partial charge is 0.399 e. The van der Waals surface area contributed by atoms with Crippen molar-refractivity contribution < 1.29 is 9.13 Å². The molecule has 5 heteroatoms. The molecule has 0 aliphatic heterocycles. The zero-order chi connectivity index (χ0) is 19.5. The molecule has 2 atom stereocenters. The van der Waals surface area contributed by atoms with Crippen molar-refractivity contribution in [2.45, 2.75) is 25.0 Å². The maximum absolute atomic E-state index is 13.5. The number of ether oxygens (including phenoxy) is 1. The van der Waals surface area contributed by atoms with E-state index in [1.165, 1.54) is 31.0 Å². The Morgan fingerprint density at radius 3 is 2.32 bits per heavy atom. The minimum absolute atomic E-state index is 0.132. The first-order valence-electron chi connectivity index (χ1n) is 9.51. The maximum atomic E-state index is 13.5. The van der Waals surface area contributed by atoms with Gasteiger partial charge in [-0.15, -0.1) is 0 Å². The van der Waals surface area contributed by atoms with Crippen LogP contribution in [-0.4, -0.2) is 11.2 Å². The van der Waals surface area contributed by atoms with E-state index >= 15 is 0 Å². The van der Waals surface area contributed by atoms with E-state index in [4.69, 9.17) is 10.5 Å².